The Morgan fingerprint density at radius 1 is 1.31 bits per heavy atom. The van der Waals surface area contributed by atoms with Gasteiger partial charge >= 0.3 is 11.9 Å². The Bertz CT molecular complexity index is 372. The van der Waals surface area contributed by atoms with E-state index in [4.69, 9.17) is 4.74 Å². The zero-order valence-electron chi connectivity index (χ0n) is 9.23. The number of pyridine rings is 1. The molecule has 0 fully saturated rings. The lowest BCUT2D eigenvalue weighted by atomic mass is 10.2. The van der Waals surface area contributed by atoms with Crippen molar-refractivity contribution in [2.45, 2.75) is 13.3 Å². The molecule has 0 saturated heterocycles. The number of nitrogens with zero attached hydrogens (tertiary/aromatic N) is 1. The number of hydrogen-bond donors (Lipinski definition) is 0. The van der Waals surface area contributed by atoms with Crippen LogP contribution in [0.3, 0.4) is 0 Å². The van der Waals surface area contributed by atoms with Gasteiger partial charge in [-0.2, -0.15) is 0 Å². The Morgan fingerprint density at radius 3 is 2.56 bits per heavy atom. The molecule has 1 aromatic rings. The lowest BCUT2D eigenvalue weighted by molar-refractivity contribution is 0.0502. The number of aromatic nitrogens is 1. The molecule has 86 valence electrons. The smallest absolute Gasteiger partial charge is 0.356 e. The zero-order valence-corrected chi connectivity index (χ0v) is 9.23. The Kier molecular flexibility index (Phi) is 4.44. The first kappa shape index (κ1) is 12.2. The van der Waals surface area contributed by atoms with E-state index < -0.39 is 11.9 Å². The van der Waals surface area contributed by atoms with E-state index in [0.717, 1.165) is 6.42 Å². The molecule has 0 bridgehead atoms. The minimum atomic E-state index is -0.534. The van der Waals surface area contributed by atoms with Crippen LogP contribution in [0.15, 0.2) is 18.3 Å². The zero-order chi connectivity index (χ0) is 12.0. The largest absolute Gasteiger partial charge is 0.464 e. The standard InChI is InChI=1S/C11H13NO4/c1-3-6-16-10(13)8-4-5-9(12-7-8)11(14)15-2/h4-5,7H,3,6H2,1-2H3. The maximum Gasteiger partial charge on any atom is 0.356 e. The van der Waals surface area contributed by atoms with Crippen LogP contribution in [0.4, 0.5) is 0 Å². The molecule has 5 heteroatoms. The number of rotatable bonds is 4. The van der Waals surface area contributed by atoms with E-state index in [9.17, 15) is 9.59 Å². The van der Waals surface area contributed by atoms with Crippen LogP contribution in [-0.4, -0.2) is 30.6 Å². The maximum atomic E-state index is 11.4. The van der Waals surface area contributed by atoms with Crippen LogP contribution in [0.2, 0.25) is 0 Å². The third-order valence-corrected chi connectivity index (χ3v) is 1.83. The van der Waals surface area contributed by atoms with Gasteiger partial charge in [0.15, 0.2) is 0 Å². The van der Waals surface area contributed by atoms with Gasteiger partial charge in [-0.25, -0.2) is 14.6 Å². The fourth-order valence-electron chi connectivity index (χ4n) is 1.02. The van der Waals surface area contributed by atoms with Crippen molar-refractivity contribution in [2.24, 2.45) is 0 Å². The highest BCUT2D eigenvalue weighted by Gasteiger charge is 2.10. The van der Waals surface area contributed by atoms with Crippen LogP contribution in [0, 0.1) is 0 Å². The second-order valence-electron chi connectivity index (χ2n) is 3.06. The summed E-state index contributed by atoms with van der Waals surface area (Å²) < 4.78 is 9.39. The predicted molar refractivity (Wildman–Crippen MR) is 56.2 cm³/mol. The van der Waals surface area contributed by atoms with Crippen LogP contribution < -0.4 is 0 Å². The average Bonchev–Trinajstić information content (AvgIpc) is 2.35. The van der Waals surface area contributed by atoms with Gasteiger partial charge < -0.3 is 9.47 Å². The molecule has 0 aliphatic rings. The van der Waals surface area contributed by atoms with Gasteiger partial charge in [-0.1, -0.05) is 6.92 Å². The molecule has 0 N–H and O–H groups in total. The first-order valence-corrected chi connectivity index (χ1v) is 4.90. The summed E-state index contributed by atoms with van der Waals surface area (Å²) in [5.74, 6) is -0.973. The maximum absolute atomic E-state index is 11.4. The van der Waals surface area contributed by atoms with Gasteiger partial charge in [0, 0.05) is 6.20 Å². The number of ether oxygens (including phenoxy) is 2. The molecule has 1 aromatic heterocycles. The minimum Gasteiger partial charge on any atom is -0.464 e. The summed E-state index contributed by atoms with van der Waals surface area (Å²) in [6.45, 7) is 2.28. The van der Waals surface area contributed by atoms with E-state index in [-0.39, 0.29) is 5.69 Å². The number of carbonyl (C=O) groups excluding carboxylic acids is 2. The molecule has 0 radical (unpaired) electrons. The molecule has 5 nitrogen and oxygen atoms in total. The van der Waals surface area contributed by atoms with Gasteiger partial charge in [0.25, 0.3) is 0 Å². The van der Waals surface area contributed by atoms with E-state index in [1.807, 2.05) is 6.92 Å². The van der Waals surface area contributed by atoms with Crippen LogP contribution in [0.1, 0.15) is 34.2 Å². The number of esters is 2. The summed E-state index contributed by atoms with van der Waals surface area (Å²) >= 11 is 0. The molecular formula is C11H13NO4. The summed E-state index contributed by atoms with van der Waals surface area (Å²) in [5.41, 5.74) is 0.482. The number of methoxy groups -OCH3 is 1. The van der Waals surface area contributed by atoms with Gasteiger partial charge in [-0.05, 0) is 18.6 Å². The van der Waals surface area contributed by atoms with E-state index in [1.54, 1.807) is 0 Å². The van der Waals surface area contributed by atoms with Crippen LogP contribution in [0.5, 0.6) is 0 Å². The van der Waals surface area contributed by atoms with Crippen molar-refractivity contribution in [3.8, 4) is 0 Å². The van der Waals surface area contributed by atoms with Gasteiger partial charge in [-0.3, -0.25) is 0 Å². The van der Waals surface area contributed by atoms with Crippen molar-refractivity contribution in [3.05, 3.63) is 29.6 Å². The van der Waals surface area contributed by atoms with Gasteiger partial charge in [0.1, 0.15) is 5.69 Å². The topological polar surface area (TPSA) is 65.5 Å². The summed E-state index contributed by atoms with van der Waals surface area (Å²) in [5, 5.41) is 0. The molecule has 0 unspecified atom stereocenters. The molecule has 0 aromatic carbocycles. The summed E-state index contributed by atoms with van der Waals surface area (Å²) in [7, 11) is 1.27. The molecule has 0 aliphatic carbocycles. The SMILES string of the molecule is CCCOC(=O)c1ccc(C(=O)OC)nc1. The molecule has 0 amide bonds. The quantitative estimate of drug-likeness (QED) is 0.722. The Labute approximate surface area is 93.4 Å². The van der Waals surface area contributed by atoms with Crippen molar-refractivity contribution in [2.75, 3.05) is 13.7 Å². The second kappa shape index (κ2) is 5.85. The fourth-order valence-corrected chi connectivity index (χ4v) is 1.02. The van der Waals surface area contributed by atoms with Crippen LogP contribution in [-0.2, 0) is 9.47 Å². The predicted octanol–water partition coefficient (Wildman–Crippen LogP) is 1.44. The highest BCUT2D eigenvalue weighted by molar-refractivity contribution is 5.91. The average molecular weight is 223 g/mol. The third kappa shape index (κ3) is 3.05. The van der Waals surface area contributed by atoms with Crippen molar-refractivity contribution in [3.63, 3.8) is 0 Å². The number of hydrogen-bond acceptors (Lipinski definition) is 5. The van der Waals surface area contributed by atoms with Crippen molar-refractivity contribution < 1.29 is 19.1 Å². The molecule has 0 aliphatic heterocycles. The first-order valence-electron chi connectivity index (χ1n) is 4.90. The fraction of sp³-hybridized carbons (Fsp3) is 0.364. The van der Waals surface area contributed by atoms with Crippen molar-refractivity contribution >= 4 is 11.9 Å². The summed E-state index contributed by atoms with van der Waals surface area (Å²) in [4.78, 5) is 26.2. The normalized spacial score (nSPS) is 9.62. The van der Waals surface area contributed by atoms with E-state index in [1.165, 1.54) is 25.4 Å². The lowest BCUT2D eigenvalue weighted by Gasteiger charge is -2.03. The lowest BCUT2D eigenvalue weighted by Crippen LogP contribution is -2.09. The third-order valence-electron chi connectivity index (χ3n) is 1.83. The van der Waals surface area contributed by atoms with E-state index >= 15 is 0 Å². The van der Waals surface area contributed by atoms with Gasteiger partial charge in [0.05, 0.1) is 19.3 Å². The highest BCUT2D eigenvalue weighted by atomic mass is 16.5. The molecule has 1 heterocycles. The van der Waals surface area contributed by atoms with Crippen LogP contribution >= 0.6 is 0 Å². The molecule has 0 saturated carbocycles. The minimum absolute atomic E-state index is 0.162. The van der Waals surface area contributed by atoms with Crippen molar-refractivity contribution in [1.82, 2.24) is 4.98 Å². The Morgan fingerprint density at radius 2 is 2.06 bits per heavy atom. The summed E-state index contributed by atoms with van der Waals surface area (Å²) in [6.07, 6.45) is 2.06. The molecule has 0 atom stereocenters. The van der Waals surface area contributed by atoms with E-state index in [2.05, 4.69) is 9.72 Å². The Hall–Kier alpha value is -1.91. The second-order valence-corrected chi connectivity index (χ2v) is 3.06. The Balaban J connectivity index is 2.71. The van der Waals surface area contributed by atoms with Crippen molar-refractivity contribution in [1.29, 1.82) is 0 Å². The van der Waals surface area contributed by atoms with Crippen LogP contribution in [0.25, 0.3) is 0 Å². The monoisotopic (exact) mass is 223 g/mol. The first-order chi connectivity index (χ1) is 7.69. The van der Waals surface area contributed by atoms with Gasteiger partial charge in [0.2, 0.25) is 0 Å². The molecule has 1 rings (SSSR count). The van der Waals surface area contributed by atoms with E-state index in [0.29, 0.717) is 12.2 Å². The molecule has 16 heavy (non-hydrogen) atoms. The molecule has 0 spiro atoms. The number of carbonyl (C=O) groups is 2. The highest BCUT2D eigenvalue weighted by Crippen LogP contribution is 2.03. The van der Waals surface area contributed by atoms with Gasteiger partial charge in [-0.15, -0.1) is 0 Å². The summed E-state index contributed by atoms with van der Waals surface area (Å²) in [6, 6.07) is 2.91. The molecular weight excluding hydrogens is 210 g/mol.